The lowest BCUT2D eigenvalue weighted by atomic mass is 10.2. The van der Waals surface area contributed by atoms with Crippen LogP contribution in [0.2, 0.25) is 10.0 Å². The second-order valence-electron chi connectivity index (χ2n) is 4.45. The Bertz CT molecular complexity index is 706. The van der Waals surface area contributed by atoms with E-state index in [0.29, 0.717) is 22.0 Å². The minimum atomic E-state index is -3.40. The number of aromatic nitrogens is 1. The van der Waals surface area contributed by atoms with Gasteiger partial charge in [-0.1, -0.05) is 29.3 Å². The topological polar surface area (TPSA) is 59.1 Å². The summed E-state index contributed by atoms with van der Waals surface area (Å²) in [7, 11) is -3.40. The van der Waals surface area contributed by atoms with Gasteiger partial charge in [-0.15, -0.1) is 0 Å². The lowest BCUT2D eigenvalue weighted by Crippen LogP contribution is -2.27. The maximum Gasteiger partial charge on any atom is 0.212 e. The first-order chi connectivity index (χ1) is 9.96. The molecule has 21 heavy (non-hydrogen) atoms. The van der Waals surface area contributed by atoms with Crippen LogP contribution in [-0.4, -0.2) is 19.2 Å². The lowest BCUT2D eigenvalue weighted by molar-refractivity contribution is 0.580. The van der Waals surface area contributed by atoms with Crippen LogP contribution < -0.4 is 4.72 Å². The second-order valence-corrected chi connectivity index (χ2v) is 7.22. The van der Waals surface area contributed by atoms with Crippen molar-refractivity contribution in [3.63, 3.8) is 0 Å². The number of benzene rings is 1. The molecule has 0 aliphatic carbocycles. The summed E-state index contributed by atoms with van der Waals surface area (Å²) in [6, 6.07) is 10.4. The van der Waals surface area contributed by atoms with Gasteiger partial charge in [-0.3, -0.25) is 4.98 Å². The highest BCUT2D eigenvalue weighted by atomic mass is 35.5. The molecule has 0 aliphatic heterocycles. The summed E-state index contributed by atoms with van der Waals surface area (Å²) in [6.45, 7) is 0.115. The van der Waals surface area contributed by atoms with Gasteiger partial charge in [0.05, 0.1) is 5.75 Å². The van der Waals surface area contributed by atoms with E-state index in [2.05, 4.69) is 9.71 Å². The molecule has 0 amide bonds. The Kier molecular flexibility index (Phi) is 5.58. The highest BCUT2D eigenvalue weighted by Crippen LogP contribution is 2.20. The van der Waals surface area contributed by atoms with Crippen molar-refractivity contribution in [3.05, 3.63) is 63.9 Å². The molecule has 0 radical (unpaired) electrons. The van der Waals surface area contributed by atoms with Crippen molar-refractivity contribution in [2.45, 2.75) is 13.0 Å². The van der Waals surface area contributed by atoms with E-state index in [1.165, 1.54) is 0 Å². The fraction of sp³-hybridized carbons (Fsp3) is 0.214. The van der Waals surface area contributed by atoms with Crippen molar-refractivity contribution in [3.8, 4) is 0 Å². The molecule has 0 atom stereocenters. The molecule has 2 rings (SSSR count). The fourth-order valence-corrected chi connectivity index (χ4v) is 3.10. The van der Waals surface area contributed by atoms with Crippen molar-refractivity contribution < 1.29 is 8.42 Å². The summed E-state index contributed by atoms with van der Waals surface area (Å²) in [4.78, 5) is 4.10. The molecule has 0 bridgehead atoms. The highest BCUT2D eigenvalue weighted by Gasteiger charge is 2.12. The molecular formula is C14H14Cl2N2O2S. The zero-order chi connectivity index (χ0) is 15.3. The Morgan fingerprint density at radius 2 is 1.95 bits per heavy atom. The first-order valence-electron chi connectivity index (χ1n) is 6.27. The Morgan fingerprint density at radius 1 is 1.14 bits per heavy atom. The molecule has 1 aromatic carbocycles. The second kappa shape index (κ2) is 7.22. The maximum atomic E-state index is 12.0. The van der Waals surface area contributed by atoms with E-state index in [1.54, 1.807) is 36.5 Å². The molecule has 0 spiro atoms. The van der Waals surface area contributed by atoms with Gasteiger partial charge in [0.1, 0.15) is 0 Å². The third-order valence-electron chi connectivity index (χ3n) is 2.84. The molecular weight excluding hydrogens is 331 g/mol. The zero-order valence-electron chi connectivity index (χ0n) is 11.1. The number of nitrogens with one attached hydrogen (secondary N) is 1. The average Bonchev–Trinajstić information content (AvgIpc) is 2.47. The van der Waals surface area contributed by atoms with Crippen LogP contribution in [0.15, 0.2) is 42.6 Å². The largest absolute Gasteiger partial charge is 0.261 e. The molecule has 2 aromatic rings. The summed E-state index contributed by atoms with van der Waals surface area (Å²) < 4.78 is 26.4. The normalized spacial score (nSPS) is 11.5. The van der Waals surface area contributed by atoms with Gasteiger partial charge < -0.3 is 0 Å². The third-order valence-corrected chi connectivity index (χ3v) is 4.77. The predicted octanol–water partition coefficient (Wildman–Crippen LogP) is 3.05. The van der Waals surface area contributed by atoms with Crippen LogP contribution in [0, 0.1) is 0 Å². The molecule has 0 saturated heterocycles. The molecule has 1 N–H and O–H groups in total. The number of aryl methyl sites for hydroxylation is 1. The van der Waals surface area contributed by atoms with Gasteiger partial charge in [0, 0.05) is 34.9 Å². The fourth-order valence-electron chi connectivity index (χ4n) is 1.72. The van der Waals surface area contributed by atoms with Crippen molar-refractivity contribution in [1.82, 2.24) is 9.71 Å². The van der Waals surface area contributed by atoms with Crippen molar-refractivity contribution in [2.24, 2.45) is 0 Å². The summed E-state index contributed by atoms with van der Waals surface area (Å²) in [5.41, 5.74) is 1.38. The first-order valence-corrected chi connectivity index (χ1v) is 8.68. The Hall–Kier alpha value is -1.14. The predicted molar refractivity (Wildman–Crippen MR) is 85.0 cm³/mol. The number of rotatable bonds is 6. The quantitative estimate of drug-likeness (QED) is 0.875. The Morgan fingerprint density at radius 3 is 2.67 bits per heavy atom. The number of hydrogen-bond donors (Lipinski definition) is 1. The SMILES string of the molecule is O=S(=O)(CCc1ccccn1)NCc1cc(Cl)ccc1Cl. The van der Waals surface area contributed by atoms with Crippen molar-refractivity contribution >= 4 is 33.2 Å². The summed E-state index contributed by atoms with van der Waals surface area (Å²) in [5, 5.41) is 0.994. The Labute approximate surface area is 134 Å². The van der Waals surface area contributed by atoms with E-state index in [4.69, 9.17) is 23.2 Å². The molecule has 112 valence electrons. The molecule has 7 heteroatoms. The minimum absolute atomic E-state index is 0.0256. The Balaban J connectivity index is 1.93. The van der Waals surface area contributed by atoms with Gasteiger partial charge in [-0.05, 0) is 35.9 Å². The van der Waals surface area contributed by atoms with Crippen LogP contribution in [0.1, 0.15) is 11.3 Å². The van der Waals surface area contributed by atoms with Gasteiger partial charge in [0.25, 0.3) is 0 Å². The van der Waals surface area contributed by atoms with E-state index in [9.17, 15) is 8.42 Å². The standard InChI is InChI=1S/C14H14Cl2N2O2S/c15-12-4-5-14(16)11(9-12)10-18-21(19,20)8-6-13-3-1-2-7-17-13/h1-5,7,9,18H,6,8,10H2. The third kappa shape index (κ3) is 5.28. The van der Waals surface area contributed by atoms with Gasteiger partial charge in [0.2, 0.25) is 10.0 Å². The average molecular weight is 345 g/mol. The molecule has 0 fully saturated rings. The minimum Gasteiger partial charge on any atom is -0.261 e. The first kappa shape index (κ1) is 16.2. The molecule has 1 heterocycles. The monoisotopic (exact) mass is 344 g/mol. The van der Waals surface area contributed by atoms with E-state index in [-0.39, 0.29) is 12.3 Å². The molecule has 1 aromatic heterocycles. The molecule has 0 unspecified atom stereocenters. The van der Waals surface area contributed by atoms with E-state index >= 15 is 0 Å². The van der Waals surface area contributed by atoms with Gasteiger partial charge in [0.15, 0.2) is 0 Å². The molecule has 0 saturated carbocycles. The molecule has 0 aliphatic rings. The molecule has 4 nitrogen and oxygen atoms in total. The van der Waals surface area contributed by atoms with Crippen LogP contribution in [0.4, 0.5) is 0 Å². The van der Waals surface area contributed by atoms with Crippen LogP contribution >= 0.6 is 23.2 Å². The lowest BCUT2D eigenvalue weighted by Gasteiger charge is -2.08. The summed E-state index contributed by atoms with van der Waals surface area (Å²) >= 11 is 11.9. The zero-order valence-corrected chi connectivity index (χ0v) is 13.4. The number of hydrogen-bond acceptors (Lipinski definition) is 3. The van der Waals surface area contributed by atoms with Crippen LogP contribution in [0.5, 0.6) is 0 Å². The van der Waals surface area contributed by atoms with Gasteiger partial charge in [-0.2, -0.15) is 0 Å². The number of nitrogens with zero attached hydrogens (tertiary/aromatic N) is 1. The van der Waals surface area contributed by atoms with Crippen LogP contribution in [0.3, 0.4) is 0 Å². The highest BCUT2D eigenvalue weighted by molar-refractivity contribution is 7.89. The van der Waals surface area contributed by atoms with Gasteiger partial charge in [-0.25, -0.2) is 13.1 Å². The summed E-state index contributed by atoms with van der Waals surface area (Å²) in [6.07, 6.45) is 2.00. The van der Waals surface area contributed by atoms with Crippen molar-refractivity contribution in [2.75, 3.05) is 5.75 Å². The van der Waals surface area contributed by atoms with E-state index < -0.39 is 10.0 Å². The maximum absolute atomic E-state index is 12.0. The van der Waals surface area contributed by atoms with Crippen LogP contribution in [0.25, 0.3) is 0 Å². The van der Waals surface area contributed by atoms with E-state index in [1.807, 2.05) is 6.07 Å². The number of pyridine rings is 1. The number of sulfonamides is 1. The smallest absolute Gasteiger partial charge is 0.212 e. The van der Waals surface area contributed by atoms with E-state index in [0.717, 1.165) is 5.69 Å². The number of halogens is 2. The van der Waals surface area contributed by atoms with Gasteiger partial charge >= 0.3 is 0 Å². The van der Waals surface area contributed by atoms with Crippen molar-refractivity contribution in [1.29, 1.82) is 0 Å². The van der Waals surface area contributed by atoms with Crippen LogP contribution in [-0.2, 0) is 23.0 Å². The summed E-state index contributed by atoms with van der Waals surface area (Å²) in [5.74, 6) is -0.0256.